The first-order chi connectivity index (χ1) is 14.5. The lowest BCUT2D eigenvalue weighted by Crippen LogP contribution is -2.35. The number of aromatic nitrogens is 1. The molecule has 3 rings (SSSR count). The third-order valence-electron chi connectivity index (χ3n) is 4.97. The van der Waals surface area contributed by atoms with Gasteiger partial charge < -0.3 is 19.9 Å². The number of amides is 1. The molecule has 0 saturated heterocycles. The fourth-order valence-electron chi connectivity index (χ4n) is 3.35. The quantitative estimate of drug-likeness (QED) is 0.554. The molecule has 6 heteroatoms. The molecular formula is C24H29N3O3. The summed E-state index contributed by atoms with van der Waals surface area (Å²) in [6.07, 6.45) is 0. The van der Waals surface area contributed by atoms with E-state index in [-0.39, 0.29) is 17.6 Å². The van der Waals surface area contributed by atoms with Crippen LogP contribution in [-0.4, -0.2) is 24.2 Å². The summed E-state index contributed by atoms with van der Waals surface area (Å²) in [5.41, 5.74) is 4.81. The Morgan fingerprint density at radius 3 is 2.53 bits per heavy atom. The van der Waals surface area contributed by atoms with Crippen LogP contribution in [0.5, 0.6) is 5.75 Å². The van der Waals surface area contributed by atoms with Gasteiger partial charge in [0.2, 0.25) is 0 Å². The summed E-state index contributed by atoms with van der Waals surface area (Å²) < 4.78 is 10.7. The molecule has 1 aromatic heterocycles. The van der Waals surface area contributed by atoms with Crippen molar-refractivity contribution in [2.75, 3.05) is 13.2 Å². The molecule has 0 aliphatic rings. The van der Waals surface area contributed by atoms with E-state index in [1.165, 1.54) is 11.1 Å². The van der Waals surface area contributed by atoms with Gasteiger partial charge in [0.15, 0.2) is 5.69 Å². The van der Waals surface area contributed by atoms with Gasteiger partial charge in [0, 0.05) is 19.2 Å². The SMILES string of the molecule is CCOc1cc(C)c(CNCC(NC(=O)c2cc(C)on2)c2ccccc2)cc1C. The average molecular weight is 408 g/mol. The van der Waals surface area contributed by atoms with Crippen molar-refractivity contribution < 1.29 is 14.1 Å². The van der Waals surface area contributed by atoms with Gasteiger partial charge >= 0.3 is 0 Å². The smallest absolute Gasteiger partial charge is 0.274 e. The zero-order chi connectivity index (χ0) is 21.5. The molecular weight excluding hydrogens is 378 g/mol. The first kappa shape index (κ1) is 21.6. The lowest BCUT2D eigenvalue weighted by atomic mass is 10.0. The molecule has 1 heterocycles. The minimum Gasteiger partial charge on any atom is -0.494 e. The van der Waals surface area contributed by atoms with Gasteiger partial charge in [-0.2, -0.15) is 0 Å². The van der Waals surface area contributed by atoms with Crippen LogP contribution in [0.25, 0.3) is 0 Å². The first-order valence-corrected chi connectivity index (χ1v) is 10.2. The molecule has 0 spiro atoms. The second-order valence-corrected chi connectivity index (χ2v) is 7.37. The number of hydrogen-bond acceptors (Lipinski definition) is 5. The van der Waals surface area contributed by atoms with E-state index in [0.717, 1.165) is 16.9 Å². The molecule has 1 unspecified atom stereocenters. The predicted molar refractivity (Wildman–Crippen MR) is 117 cm³/mol. The van der Waals surface area contributed by atoms with Crippen LogP contribution in [0.15, 0.2) is 53.1 Å². The Morgan fingerprint density at radius 1 is 1.10 bits per heavy atom. The Morgan fingerprint density at radius 2 is 1.87 bits per heavy atom. The van der Waals surface area contributed by atoms with E-state index in [9.17, 15) is 4.79 Å². The Labute approximate surface area is 177 Å². The molecule has 0 bridgehead atoms. The van der Waals surface area contributed by atoms with E-state index in [2.05, 4.69) is 41.8 Å². The van der Waals surface area contributed by atoms with Gasteiger partial charge in [-0.05, 0) is 56.0 Å². The average Bonchev–Trinajstić information content (AvgIpc) is 3.18. The summed E-state index contributed by atoms with van der Waals surface area (Å²) in [5.74, 6) is 1.28. The van der Waals surface area contributed by atoms with Crippen LogP contribution in [-0.2, 0) is 6.54 Å². The van der Waals surface area contributed by atoms with Crippen molar-refractivity contribution in [3.8, 4) is 5.75 Å². The molecule has 158 valence electrons. The van der Waals surface area contributed by atoms with Crippen molar-refractivity contribution in [1.82, 2.24) is 15.8 Å². The summed E-state index contributed by atoms with van der Waals surface area (Å²) in [4.78, 5) is 12.6. The summed E-state index contributed by atoms with van der Waals surface area (Å²) in [6.45, 7) is 9.83. The Hall–Kier alpha value is -3.12. The minimum atomic E-state index is -0.254. The van der Waals surface area contributed by atoms with E-state index in [1.54, 1.807) is 13.0 Å². The van der Waals surface area contributed by atoms with Crippen LogP contribution in [0.3, 0.4) is 0 Å². The highest BCUT2D eigenvalue weighted by molar-refractivity contribution is 5.92. The minimum absolute atomic E-state index is 0.195. The Kier molecular flexibility index (Phi) is 7.25. The predicted octanol–water partition coefficient (Wildman–Crippen LogP) is 4.26. The van der Waals surface area contributed by atoms with E-state index in [4.69, 9.17) is 9.26 Å². The molecule has 0 aliphatic heterocycles. The number of nitrogens with zero attached hydrogens (tertiary/aromatic N) is 1. The fraction of sp³-hybridized carbons (Fsp3) is 0.333. The zero-order valence-electron chi connectivity index (χ0n) is 18.0. The first-order valence-electron chi connectivity index (χ1n) is 10.2. The number of carbonyl (C=O) groups is 1. The highest BCUT2D eigenvalue weighted by Gasteiger charge is 2.18. The van der Waals surface area contributed by atoms with Crippen LogP contribution in [0.4, 0.5) is 0 Å². The van der Waals surface area contributed by atoms with Crippen molar-refractivity contribution in [3.63, 3.8) is 0 Å². The Bertz CT molecular complexity index is 983. The van der Waals surface area contributed by atoms with Gasteiger partial charge in [-0.3, -0.25) is 4.79 Å². The van der Waals surface area contributed by atoms with Crippen LogP contribution >= 0.6 is 0 Å². The van der Waals surface area contributed by atoms with Crippen molar-refractivity contribution in [1.29, 1.82) is 0 Å². The molecule has 3 aromatic rings. The number of nitrogens with one attached hydrogen (secondary N) is 2. The second-order valence-electron chi connectivity index (χ2n) is 7.37. The van der Waals surface area contributed by atoms with E-state index in [1.807, 2.05) is 37.3 Å². The molecule has 2 aromatic carbocycles. The molecule has 0 saturated carbocycles. The van der Waals surface area contributed by atoms with Gasteiger partial charge in [0.05, 0.1) is 12.6 Å². The lowest BCUT2D eigenvalue weighted by Gasteiger charge is -2.20. The van der Waals surface area contributed by atoms with E-state index in [0.29, 0.717) is 25.5 Å². The molecule has 0 aliphatic carbocycles. The highest BCUT2D eigenvalue weighted by Crippen LogP contribution is 2.23. The van der Waals surface area contributed by atoms with Crippen LogP contribution in [0, 0.1) is 20.8 Å². The monoisotopic (exact) mass is 407 g/mol. The maximum atomic E-state index is 12.6. The van der Waals surface area contributed by atoms with Gasteiger partial charge in [0.1, 0.15) is 11.5 Å². The summed E-state index contributed by atoms with van der Waals surface area (Å²) in [7, 11) is 0. The van der Waals surface area contributed by atoms with Crippen molar-refractivity contribution in [3.05, 3.63) is 82.2 Å². The van der Waals surface area contributed by atoms with Crippen molar-refractivity contribution in [2.24, 2.45) is 0 Å². The normalized spacial score (nSPS) is 11.9. The molecule has 1 amide bonds. The van der Waals surface area contributed by atoms with Crippen LogP contribution < -0.4 is 15.4 Å². The number of ether oxygens (including phenoxy) is 1. The summed E-state index contributed by atoms with van der Waals surface area (Å²) in [6, 6.07) is 15.6. The maximum absolute atomic E-state index is 12.6. The van der Waals surface area contributed by atoms with Crippen molar-refractivity contribution >= 4 is 5.91 Å². The van der Waals surface area contributed by atoms with Gasteiger partial charge in [-0.1, -0.05) is 41.6 Å². The highest BCUT2D eigenvalue weighted by atomic mass is 16.5. The molecule has 6 nitrogen and oxygen atoms in total. The third-order valence-corrected chi connectivity index (χ3v) is 4.97. The molecule has 0 radical (unpaired) electrons. The standard InChI is InChI=1S/C24H29N3O3/c1-5-29-23-12-16(2)20(11-17(23)3)14-25-15-22(19-9-7-6-8-10-19)26-24(28)21-13-18(4)30-27-21/h6-13,22,25H,5,14-15H2,1-4H3,(H,26,28). The van der Waals surface area contributed by atoms with E-state index < -0.39 is 0 Å². The number of carbonyl (C=O) groups excluding carboxylic acids is 1. The largest absolute Gasteiger partial charge is 0.494 e. The molecule has 30 heavy (non-hydrogen) atoms. The number of benzene rings is 2. The fourth-order valence-corrected chi connectivity index (χ4v) is 3.35. The molecule has 0 fully saturated rings. The molecule has 2 N–H and O–H groups in total. The topological polar surface area (TPSA) is 76.4 Å². The number of rotatable bonds is 9. The summed E-state index contributed by atoms with van der Waals surface area (Å²) >= 11 is 0. The van der Waals surface area contributed by atoms with Gasteiger partial charge in [-0.15, -0.1) is 0 Å². The summed E-state index contributed by atoms with van der Waals surface area (Å²) in [5, 5.41) is 10.4. The van der Waals surface area contributed by atoms with Gasteiger partial charge in [-0.25, -0.2) is 0 Å². The number of aryl methyl sites for hydroxylation is 3. The Balaban J connectivity index is 1.68. The number of hydrogen-bond donors (Lipinski definition) is 2. The van der Waals surface area contributed by atoms with Crippen molar-refractivity contribution in [2.45, 2.75) is 40.3 Å². The van der Waals surface area contributed by atoms with E-state index >= 15 is 0 Å². The third kappa shape index (κ3) is 5.48. The van der Waals surface area contributed by atoms with Crippen LogP contribution in [0.1, 0.15) is 51.5 Å². The maximum Gasteiger partial charge on any atom is 0.274 e. The zero-order valence-corrected chi connectivity index (χ0v) is 18.0. The molecule has 1 atom stereocenters. The van der Waals surface area contributed by atoms with Gasteiger partial charge in [0.25, 0.3) is 5.91 Å². The second kappa shape index (κ2) is 10.1. The van der Waals surface area contributed by atoms with Crippen LogP contribution in [0.2, 0.25) is 0 Å². The lowest BCUT2D eigenvalue weighted by molar-refractivity contribution is 0.0927.